The van der Waals surface area contributed by atoms with Gasteiger partial charge in [-0.2, -0.15) is 10.2 Å². The largest absolute Gasteiger partial charge is 0.390 e. The third kappa shape index (κ3) is 6.88. The minimum atomic E-state index is -0.602. The Balaban J connectivity index is 0.000000234. The summed E-state index contributed by atoms with van der Waals surface area (Å²) < 4.78 is 17.1. The van der Waals surface area contributed by atoms with Crippen LogP contribution in [0.2, 0.25) is 0 Å². The Morgan fingerprint density at radius 3 is 2.07 bits per heavy atom. The van der Waals surface area contributed by atoms with Crippen LogP contribution >= 0.6 is 0 Å². The number of hydrogen-bond acceptors (Lipinski definition) is 8. The zero-order valence-corrected chi connectivity index (χ0v) is 24.8. The van der Waals surface area contributed by atoms with E-state index in [0.717, 1.165) is 38.1 Å². The molecule has 0 amide bonds. The van der Waals surface area contributed by atoms with Crippen LogP contribution in [0, 0.1) is 20.8 Å². The number of aromatic nitrogens is 6. The molecule has 4 unspecified atom stereocenters. The predicted molar refractivity (Wildman–Crippen MR) is 153 cm³/mol. The molecule has 41 heavy (non-hydrogen) atoms. The van der Waals surface area contributed by atoms with Crippen LogP contribution in [0.1, 0.15) is 48.5 Å². The van der Waals surface area contributed by atoms with Gasteiger partial charge < -0.3 is 14.6 Å². The van der Waals surface area contributed by atoms with Crippen molar-refractivity contribution in [1.29, 1.82) is 0 Å². The minimum Gasteiger partial charge on any atom is -0.390 e. The third-order valence-electron chi connectivity index (χ3n) is 8.68. The second-order valence-corrected chi connectivity index (χ2v) is 11.7. The van der Waals surface area contributed by atoms with E-state index in [1.54, 1.807) is 21.0 Å². The number of rotatable bonds is 9. The van der Waals surface area contributed by atoms with Crippen LogP contribution in [0.4, 0.5) is 0 Å². The predicted octanol–water partition coefficient (Wildman–Crippen LogP) is 1.06. The van der Waals surface area contributed by atoms with Gasteiger partial charge in [0, 0.05) is 32.7 Å². The number of epoxide rings is 1. The van der Waals surface area contributed by atoms with Crippen molar-refractivity contribution < 1.29 is 14.6 Å². The smallest absolute Gasteiger partial charge is 0.345 e. The van der Waals surface area contributed by atoms with E-state index >= 15 is 0 Å². The zero-order chi connectivity index (χ0) is 29.3. The molecule has 6 rings (SSSR count). The van der Waals surface area contributed by atoms with Crippen molar-refractivity contribution in [2.75, 3.05) is 13.2 Å². The average molecular weight is 570 g/mol. The minimum absolute atomic E-state index is 0.0667. The fourth-order valence-electron chi connectivity index (χ4n) is 5.94. The maximum absolute atomic E-state index is 12.1. The van der Waals surface area contributed by atoms with Gasteiger partial charge in [-0.1, -0.05) is 24.3 Å². The zero-order valence-electron chi connectivity index (χ0n) is 24.8. The molecule has 3 saturated heterocycles. The normalized spacial score (nSPS) is 24.2. The number of hydrogen-bond donors (Lipinski definition) is 1. The molecule has 0 aliphatic carbocycles. The van der Waals surface area contributed by atoms with E-state index in [4.69, 9.17) is 9.47 Å². The first-order valence-corrected chi connectivity index (χ1v) is 14.5. The van der Waals surface area contributed by atoms with Crippen LogP contribution in [0.15, 0.2) is 33.9 Å². The highest BCUT2D eigenvalue weighted by Gasteiger charge is 2.41. The molecule has 12 heteroatoms. The van der Waals surface area contributed by atoms with E-state index in [-0.39, 0.29) is 30.1 Å². The van der Waals surface area contributed by atoms with E-state index in [0.29, 0.717) is 37.6 Å². The summed E-state index contributed by atoms with van der Waals surface area (Å²) in [7, 11) is 3.42. The lowest BCUT2D eigenvalue weighted by Gasteiger charge is -2.39. The Morgan fingerprint density at radius 1 is 0.951 bits per heavy atom. The molecule has 2 bridgehead atoms. The molecular formula is C29H43N7O5. The fourth-order valence-corrected chi connectivity index (χ4v) is 5.94. The average Bonchev–Trinajstić information content (AvgIpc) is 3.65. The van der Waals surface area contributed by atoms with Gasteiger partial charge in [-0.05, 0) is 57.6 Å². The van der Waals surface area contributed by atoms with E-state index in [1.165, 1.54) is 29.6 Å². The monoisotopic (exact) mass is 569 g/mol. The molecule has 3 aliphatic rings. The molecule has 5 heterocycles. The number of aliphatic hydroxyl groups excluding tert-OH is 1. The van der Waals surface area contributed by atoms with E-state index in [1.807, 2.05) is 6.92 Å². The van der Waals surface area contributed by atoms with Crippen LogP contribution in [0.25, 0.3) is 0 Å². The topological polar surface area (TPSA) is 125 Å². The molecule has 3 fully saturated rings. The Hall–Kier alpha value is -3.06. The van der Waals surface area contributed by atoms with Gasteiger partial charge in [0.05, 0.1) is 38.5 Å². The van der Waals surface area contributed by atoms with Gasteiger partial charge in [-0.15, -0.1) is 0 Å². The molecule has 3 aromatic rings. The molecule has 3 aliphatic heterocycles. The van der Waals surface area contributed by atoms with Crippen LogP contribution in [-0.4, -0.2) is 82.2 Å². The lowest BCUT2D eigenvalue weighted by molar-refractivity contribution is -0.0403. The highest BCUT2D eigenvalue weighted by atomic mass is 16.6. The van der Waals surface area contributed by atoms with E-state index < -0.39 is 6.10 Å². The number of aryl methyl sites for hydroxylation is 3. The Bertz CT molecular complexity index is 1440. The van der Waals surface area contributed by atoms with Crippen molar-refractivity contribution in [3.05, 3.63) is 68.0 Å². The lowest BCUT2D eigenvalue weighted by Crippen LogP contribution is -2.49. The van der Waals surface area contributed by atoms with Crippen molar-refractivity contribution in [2.24, 2.45) is 14.1 Å². The number of ether oxygens (including phenoxy) is 2. The molecule has 0 saturated carbocycles. The summed E-state index contributed by atoms with van der Waals surface area (Å²) in [5.74, 6) is 1.40. The first-order valence-electron chi connectivity index (χ1n) is 14.5. The van der Waals surface area contributed by atoms with Crippen LogP contribution in [0.3, 0.4) is 0 Å². The first-order chi connectivity index (χ1) is 19.6. The molecular weight excluding hydrogens is 526 g/mol. The number of fused-ring (bicyclic) bond motifs is 2. The van der Waals surface area contributed by atoms with Crippen molar-refractivity contribution >= 4 is 0 Å². The van der Waals surface area contributed by atoms with E-state index in [2.05, 4.69) is 46.3 Å². The van der Waals surface area contributed by atoms with Crippen molar-refractivity contribution in [3.8, 4) is 0 Å². The van der Waals surface area contributed by atoms with Gasteiger partial charge in [-0.3, -0.25) is 14.0 Å². The summed E-state index contributed by atoms with van der Waals surface area (Å²) in [6.07, 6.45) is 4.22. The quantitative estimate of drug-likeness (QED) is 0.380. The van der Waals surface area contributed by atoms with Gasteiger partial charge >= 0.3 is 11.4 Å². The number of aliphatic hydroxyl groups is 1. The molecule has 1 N–H and O–H groups in total. The highest BCUT2D eigenvalue weighted by Crippen LogP contribution is 2.37. The number of benzene rings is 1. The summed E-state index contributed by atoms with van der Waals surface area (Å²) in [5, 5.41) is 18.9. The van der Waals surface area contributed by atoms with Gasteiger partial charge in [-0.25, -0.2) is 19.0 Å². The van der Waals surface area contributed by atoms with E-state index in [9.17, 15) is 14.7 Å². The highest BCUT2D eigenvalue weighted by molar-refractivity contribution is 5.24. The Morgan fingerprint density at radius 2 is 1.54 bits per heavy atom. The molecule has 224 valence electrons. The van der Waals surface area contributed by atoms with Gasteiger partial charge in [0.25, 0.3) is 0 Å². The molecule has 12 nitrogen and oxygen atoms in total. The second-order valence-electron chi connectivity index (χ2n) is 11.7. The first kappa shape index (κ1) is 29.4. The van der Waals surface area contributed by atoms with Crippen LogP contribution in [-0.2, 0) is 43.3 Å². The standard InChI is InChI=1S/C22H32N4O3.C7H11N3O2/c1-15-6-4-5-7-17(15)14-29-21-10-18-8-9-19(11-21)25(18)12-20(27)13-26-22(28)24(3)16(2)23-26;1-5-8-10(3-6-4-12-6)7(11)9(5)2/h4-7,18-21,27H,8-14H2,1-3H3;6H,3-4H2,1-2H3. The SMILES string of the molecule is Cc1ccccc1COC1CC2CCC(C1)N2CC(O)Cn1nc(C)n(C)c1=O.Cc1nn(CC2CO2)c(=O)n1C. The van der Waals surface area contributed by atoms with Gasteiger partial charge in [0.15, 0.2) is 0 Å². The maximum atomic E-state index is 12.1. The van der Waals surface area contributed by atoms with Crippen LogP contribution in [0.5, 0.6) is 0 Å². The second kappa shape index (κ2) is 12.4. The van der Waals surface area contributed by atoms with Crippen molar-refractivity contribution in [1.82, 2.24) is 33.6 Å². The summed E-state index contributed by atoms with van der Waals surface area (Å²) in [6, 6.07) is 9.29. The van der Waals surface area contributed by atoms with Crippen molar-refractivity contribution in [2.45, 2.75) is 96.5 Å². The van der Waals surface area contributed by atoms with Gasteiger partial charge in [0.1, 0.15) is 17.8 Å². The summed E-state index contributed by atoms with van der Waals surface area (Å²) in [4.78, 5) is 25.9. The maximum Gasteiger partial charge on any atom is 0.345 e. The Kier molecular flexibility index (Phi) is 8.93. The summed E-state index contributed by atoms with van der Waals surface area (Å²) in [5.41, 5.74) is 2.29. The molecule has 0 radical (unpaired) electrons. The molecule has 2 aromatic heterocycles. The van der Waals surface area contributed by atoms with Crippen LogP contribution < -0.4 is 11.4 Å². The van der Waals surface area contributed by atoms with Gasteiger partial charge in [0.2, 0.25) is 0 Å². The number of piperidine rings is 1. The third-order valence-corrected chi connectivity index (χ3v) is 8.68. The molecule has 4 atom stereocenters. The Labute approximate surface area is 240 Å². The summed E-state index contributed by atoms with van der Waals surface area (Å²) in [6.45, 7) is 8.56. The lowest BCUT2D eigenvalue weighted by atomic mass is 9.99. The molecule has 0 spiro atoms. The molecule has 1 aromatic carbocycles. The van der Waals surface area contributed by atoms with Crippen molar-refractivity contribution in [3.63, 3.8) is 0 Å². The fraction of sp³-hybridized carbons (Fsp3) is 0.655. The number of nitrogens with zero attached hydrogens (tertiary/aromatic N) is 7. The summed E-state index contributed by atoms with van der Waals surface area (Å²) >= 11 is 0.